The summed E-state index contributed by atoms with van der Waals surface area (Å²) in [5.74, 6) is 0. The number of aromatic nitrogens is 2. The summed E-state index contributed by atoms with van der Waals surface area (Å²) < 4.78 is 29.3. The van der Waals surface area contributed by atoms with Gasteiger partial charge in [-0.15, -0.1) is 11.3 Å². The van der Waals surface area contributed by atoms with Gasteiger partial charge in [0.2, 0.25) is 0 Å². The molecule has 0 amide bonds. The lowest BCUT2D eigenvalue weighted by molar-refractivity contribution is 0.594. The van der Waals surface area contributed by atoms with Crippen molar-refractivity contribution in [2.24, 2.45) is 0 Å². The molecule has 1 aliphatic rings. The van der Waals surface area contributed by atoms with Crippen LogP contribution in [0, 0.1) is 0 Å². The molecule has 2 aromatic heterocycles. The monoisotopic (exact) mass is 387 g/mol. The molecule has 3 heterocycles. The lowest BCUT2D eigenvalue weighted by Gasteiger charge is -2.18. The second-order valence-electron chi connectivity index (χ2n) is 5.98. The summed E-state index contributed by atoms with van der Waals surface area (Å²) in [6.45, 7) is 2.76. The van der Waals surface area contributed by atoms with E-state index in [0.29, 0.717) is 24.3 Å². The molecule has 0 N–H and O–H groups in total. The molecule has 0 atom stereocenters. The smallest absolute Gasteiger partial charge is 0.268 e. The van der Waals surface area contributed by atoms with Crippen molar-refractivity contribution in [3.05, 3.63) is 63.8 Å². The normalized spacial score (nSPS) is 13.8. The van der Waals surface area contributed by atoms with Gasteiger partial charge in [-0.3, -0.25) is 9.10 Å². The number of para-hydroxylation sites is 1. The van der Waals surface area contributed by atoms with E-state index >= 15 is 0 Å². The number of nitrogens with zero attached hydrogens (tertiary/aromatic N) is 3. The zero-order valence-electron chi connectivity index (χ0n) is 14.1. The van der Waals surface area contributed by atoms with Crippen LogP contribution in [0.15, 0.2) is 56.8 Å². The van der Waals surface area contributed by atoms with Gasteiger partial charge in [0.25, 0.3) is 15.6 Å². The predicted octanol–water partition coefficient (Wildman–Crippen LogP) is 2.74. The number of benzene rings is 1. The molecule has 4 rings (SSSR count). The summed E-state index contributed by atoms with van der Waals surface area (Å²) in [7, 11) is -3.61. The molecule has 0 spiro atoms. The van der Waals surface area contributed by atoms with Gasteiger partial charge in [-0.05, 0) is 37.1 Å². The first-order chi connectivity index (χ1) is 12.5. The quantitative estimate of drug-likeness (QED) is 0.690. The first-order valence-electron chi connectivity index (χ1n) is 8.28. The number of hydrogen-bond donors (Lipinski definition) is 0. The molecule has 3 aromatic rings. The highest BCUT2D eigenvalue weighted by Crippen LogP contribution is 2.35. The Balaban J connectivity index is 1.71. The van der Waals surface area contributed by atoms with Gasteiger partial charge in [-0.2, -0.15) is 5.10 Å². The average molecular weight is 387 g/mol. The Bertz CT molecular complexity index is 1130. The topological polar surface area (TPSA) is 72.3 Å². The Hall–Kier alpha value is -2.45. The van der Waals surface area contributed by atoms with Crippen LogP contribution < -0.4 is 9.86 Å². The Labute approximate surface area is 155 Å². The standard InChI is InChI=1S/C18H17N3O3S2/c1-2-20-17(22)8-7-15(19-20)14-11-18(25-12-14)26(23,24)21-10-9-13-5-3-4-6-16(13)21/h3-8,11-12H,2,9-10H2,1H3. The lowest BCUT2D eigenvalue weighted by atomic mass is 10.2. The SMILES string of the molecule is CCn1nc(-c2csc(S(=O)(=O)N3CCc4ccccc43)c2)ccc1=O. The number of thiophene rings is 1. The Morgan fingerprint density at radius 2 is 2.00 bits per heavy atom. The first-order valence-corrected chi connectivity index (χ1v) is 10.6. The molecule has 0 saturated carbocycles. The number of anilines is 1. The van der Waals surface area contributed by atoms with Gasteiger partial charge in [0.15, 0.2) is 0 Å². The van der Waals surface area contributed by atoms with Crippen molar-refractivity contribution in [1.29, 1.82) is 0 Å². The van der Waals surface area contributed by atoms with Crippen molar-refractivity contribution in [3.8, 4) is 11.3 Å². The van der Waals surface area contributed by atoms with Crippen molar-refractivity contribution in [2.45, 2.75) is 24.1 Å². The Morgan fingerprint density at radius 1 is 1.19 bits per heavy atom. The van der Waals surface area contributed by atoms with E-state index in [-0.39, 0.29) is 9.77 Å². The third-order valence-electron chi connectivity index (χ3n) is 4.43. The van der Waals surface area contributed by atoms with E-state index in [1.165, 1.54) is 26.4 Å². The summed E-state index contributed by atoms with van der Waals surface area (Å²) in [6.07, 6.45) is 0.719. The fourth-order valence-corrected chi connectivity index (χ4v) is 5.87. The van der Waals surface area contributed by atoms with E-state index in [4.69, 9.17) is 0 Å². The average Bonchev–Trinajstić information content (AvgIpc) is 3.30. The highest BCUT2D eigenvalue weighted by Gasteiger charge is 2.31. The van der Waals surface area contributed by atoms with Crippen LogP contribution in [0.2, 0.25) is 0 Å². The summed E-state index contributed by atoms with van der Waals surface area (Å²) in [4.78, 5) is 11.7. The first kappa shape index (κ1) is 17.0. The molecule has 1 aromatic carbocycles. The van der Waals surface area contributed by atoms with Gasteiger partial charge in [-0.1, -0.05) is 18.2 Å². The van der Waals surface area contributed by atoms with Crippen LogP contribution in [0.5, 0.6) is 0 Å². The van der Waals surface area contributed by atoms with Crippen molar-refractivity contribution in [3.63, 3.8) is 0 Å². The minimum absolute atomic E-state index is 0.173. The summed E-state index contributed by atoms with van der Waals surface area (Å²) in [6, 6.07) is 12.3. The van der Waals surface area contributed by atoms with E-state index in [1.54, 1.807) is 17.5 Å². The largest absolute Gasteiger partial charge is 0.273 e. The minimum Gasteiger partial charge on any atom is -0.268 e. The molecule has 0 unspecified atom stereocenters. The van der Waals surface area contributed by atoms with Crippen LogP contribution in [-0.2, 0) is 23.0 Å². The van der Waals surface area contributed by atoms with Crippen LogP contribution in [0.1, 0.15) is 12.5 Å². The van der Waals surface area contributed by atoms with Gasteiger partial charge in [0, 0.05) is 30.1 Å². The molecule has 0 fully saturated rings. The van der Waals surface area contributed by atoms with Crippen LogP contribution in [-0.4, -0.2) is 24.7 Å². The van der Waals surface area contributed by atoms with E-state index in [1.807, 2.05) is 31.2 Å². The van der Waals surface area contributed by atoms with Gasteiger partial charge in [0.1, 0.15) is 4.21 Å². The number of sulfonamides is 1. The molecular weight excluding hydrogens is 370 g/mol. The lowest BCUT2D eigenvalue weighted by Crippen LogP contribution is -2.28. The van der Waals surface area contributed by atoms with Gasteiger partial charge in [-0.25, -0.2) is 13.1 Å². The van der Waals surface area contributed by atoms with E-state index < -0.39 is 10.0 Å². The highest BCUT2D eigenvalue weighted by molar-refractivity contribution is 7.94. The molecule has 6 nitrogen and oxygen atoms in total. The third-order valence-corrected chi connectivity index (χ3v) is 7.65. The van der Waals surface area contributed by atoms with Crippen LogP contribution in [0.4, 0.5) is 5.69 Å². The zero-order chi connectivity index (χ0) is 18.3. The molecule has 0 saturated heterocycles. The van der Waals surface area contributed by atoms with Crippen LogP contribution in [0.25, 0.3) is 11.3 Å². The van der Waals surface area contributed by atoms with Crippen molar-refractivity contribution in [1.82, 2.24) is 9.78 Å². The molecular formula is C18H17N3O3S2. The number of fused-ring (bicyclic) bond motifs is 1. The Morgan fingerprint density at radius 3 is 2.81 bits per heavy atom. The molecule has 8 heteroatoms. The number of aryl methyl sites for hydroxylation is 1. The van der Waals surface area contributed by atoms with E-state index in [0.717, 1.165) is 17.7 Å². The van der Waals surface area contributed by atoms with Gasteiger partial charge < -0.3 is 0 Å². The number of hydrogen-bond acceptors (Lipinski definition) is 5. The molecule has 0 radical (unpaired) electrons. The highest BCUT2D eigenvalue weighted by atomic mass is 32.2. The van der Waals surface area contributed by atoms with Crippen LogP contribution in [0.3, 0.4) is 0 Å². The maximum atomic E-state index is 13.1. The van der Waals surface area contributed by atoms with Crippen molar-refractivity contribution in [2.75, 3.05) is 10.8 Å². The molecule has 0 aliphatic carbocycles. The summed E-state index contributed by atoms with van der Waals surface area (Å²) in [5, 5.41) is 6.06. The minimum atomic E-state index is -3.61. The molecule has 1 aliphatic heterocycles. The number of rotatable bonds is 4. The summed E-state index contributed by atoms with van der Waals surface area (Å²) >= 11 is 1.17. The third kappa shape index (κ3) is 2.75. The second kappa shape index (κ2) is 6.37. The fourth-order valence-electron chi connectivity index (χ4n) is 3.08. The Kier molecular flexibility index (Phi) is 4.16. The summed E-state index contributed by atoms with van der Waals surface area (Å²) in [5.41, 5.74) is 2.91. The molecule has 26 heavy (non-hydrogen) atoms. The van der Waals surface area contributed by atoms with Gasteiger partial charge in [0.05, 0.1) is 11.4 Å². The molecule has 0 bridgehead atoms. The van der Waals surface area contributed by atoms with E-state index in [2.05, 4.69) is 5.10 Å². The zero-order valence-corrected chi connectivity index (χ0v) is 15.8. The van der Waals surface area contributed by atoms with Crippen molar-refractivity contribution >= 4 is 27.0 Å². The maximum absolute atomic E-state index is 13.1. The second-order valence-corrected chi connectivity index (χ2v) is 8.98. The fraction of sp³-hybridized carbons (Fsp3) is 0.222. The van der Waals surface area contributed by atoms with Crippen LogP contribution >= 0.6 is 11.3 Å². The van der Waals surface area contributed by atoms with Crippen molar-refractivity contribution < 1.29 is 8.42 Å². The maximum Gasteiger partial charge on any atom is 0.273 e. The predicted molar refractivity (Wildman–Crippen MR) is 102 cm³/mol. The van der Waals surface area contributed by atoms with Gasteiger partial charge >= 0.3 is 0 Å². The van der Waals surface area contributed by atoms with E-state index in [9.17, 15) is 13.2 Å². The molecule has 134 valence electrons.